The Morgan fingerprint density at radius 2 is 1.95 bits per heavy atom. The van der Waals surface area contributed by atoms with Crippen molar-refractivity contribution in [3.8, 4) is 11.5 Å². The Morgan fingerprint density at radius 3 is 2.55 bits per heavy atom. The number of nitrogens with zero attached hydrogens (tertiary/aromatic N) is 3. The van der Waals surface area contributed by atoms with Crippen LogP contribution in [0.3, 0.4) is 0 Å². The Labute approximate surface area is 223 Å². The van der Waals surface area contributed by atoms with Crippen LogP contribution in [-0.4, -0.2) is 79.0 Å². The number of anilines is 1. The smallest absolute Gasteiger partial charge is 0.273 e. The first-order valence-corrected chi connectivity index (χ1v) is 13.1. The predicted molar refractivity (Wildman–Crippen MR) is 145 cm³/mol. The maximum Gasteiger partial charge on any atom is 0.273 e. The molecule has 0 aliphatic carbocycles. The molecule has 1 aromatic carbocycles. The second kappa shape index (κ2) is 11.4. The van der Waals surface area contributed by atoms with Crippen LogP contribution >= 0.6 is 0 Å². The number of aliphatic hydroxyl groups excluding tert-OH is 1. The summed E-state index contributed by atoms with van der Waals surface area (Å²) in [6, 6.07) is 5.49. The van der Waals surface area contributed by atoms with Crippen molar-refractivity contribution >= 4 is 23.2 Å². The van der Waals surface area contributed by atoms with Crippen LogP contribution in [-0.2, 0) is 6.54 Å². The molecule has 2 aromatic rings. The fraction of sp³-hybridized carbons (Fsp3) is 0.500. The summed E-state index contributed by atoms with van der Waals surface area (Å²) in [6.45, 7) is 8.01. The Kier molecular flexibility index (Phi) is 8.20. The summed E-state index contributed by atoms with van der Waals surface area (Å²) in [5.74, 6) is 0.830. The van der Waals surface area contributed by atoms with Crippen molar-refractivity contribution in [2.24, 2.45) is 0 Å². The lowest BCUT2D eigenvalue weighted by Crippen LogP contribution is -2.36. The van der Waals surface area contributed by atoms with Gasteiger partial charge in [0.25, 0.3) is 5.91 Å². The van der Waals surface area contributed by atoms with E-state index in [1.54, 1.807) is 18.1 Å². The van der Waals surface area contributed by atoms with E-state index in [2.05, 4.69) is 29.0 Å². The Morgan fingerprint density at radius 1 is 1.24 bits per heavy atom. The molecule has 1 aromatic heterocycles. The van der Waals surface area contributed by atoms with Crippen molar-refractivity contribution in [1.82, 2.24) is 15.2 Å². The third kappa shape index (κ3) is 5.31. The quantitative estimate of drug-likeness (QED) is 0.428. The molecule has 0 atom stereocenters. The minimum Gasteiger partial charge on any atom is -0.494 e. The zero-order chi connectivity index (χ0) is 27.6. The van der Waals surface area contributed by atoms with Gasteiger partial charge in [-0.05, 0) is 49.4 Å². The van der Waals surface area contributed by atoms with E-state index in [9.17, 15) is 14.7 Å². The number of carbonyl (C=O) groups excluding carboxylic acids is 2. The van der Waals surface area contributed by atoms with Gasteiger partial charge >= 0.3 is 0 Å². The molecule has 38 heavy (non-hydrogen) atoms. The number of ketones is 1. The van der Waals surface area contributed by atoms with Crippen LogP contribution in [0.1, 0.15) is 77.2 Å². The predicted octanol–water partition coefficient (Wildman–Crippen LogP) is 2.96. The Balaban J connectivity index is 1.62. The number of Topliss-reactive ketones (excluding diaryl/α,β-unsaturated/α-hetero) is 1. The lowest BCUT2D eigenvalue weighted by Gasteiger charge is -2.33. The summed E-state index contributed by atoms with van der Waals surface area (Å²) in [5, 5.41) is 21.2. The number of aliphatic hydroxyl groups is 1. The highest BCUT2D eigenvalue weighted by Gasteiger charge is 2.31. The zero-order valence-corrected chi connectivity index (χ0v) is 22.8. The molecule has 10 nitrogen and oxygen atoms in total. The van der Waals surface area contributed by atoms with Gasteiger partial charge in [0.1, 0.15) is 17.3 Å². The molecule has 3 N–H and O–H groups in total. The van der Waals surface area contributed by atoms with Gasteiger partial charge in [0.15, 0.2) is 17.2 Å². The van der Waals surface area contributed by atoms with Gasteiger partial charge in [-0.3, -0.25) is 15.0 Å². The molecule has 0 unspecified atom stereocenters. The maximum atomic E-state index is 13.6. The molecule has 1 saturated heterocycles. The Bertz CT molecular complexity index is 1240. The van der Waals surface area contributed by atoms with Gasteiger partial charge < -0.3 is 29.7 Å². The molecular weight excluding hydrogens is 486 g/mol. The molecule has 204 valence electrons. The third-order valence-corrected chi connectivity index (χ3v) is 7.10. The number of carbonyl (C=O) groups is 2. The van der Waals surface area contributed by atoms with Crippen LogP contribution in [0.4, 0.5) is 5.69 Å². The molecule has 0 radical (unpaired) electrons. The summed E-state index contributed by atoms with van der Waals surface area (Å²) in [4.78, 5) is 34.2. The van der Waals surface area contributed by atoms with Crippen molar-refractivity contribution in [2.75, 3.05) is 45.3 Å². The number of ether oxygens (including phenoxy) is 2. The molecular formula is C28H37N5O5. The number of nitrogens with one attached hydrogen (secondary N) is 2. The lowest BCUT2D eigenvalue weighted by molar-refractivity contribution is 0.0949. The van der Waals surface area contributed by atoms with E-state index >= 15 is 0 Å². The molecule has 1 fully saturated rings. The van der Waals surface area contributed by atoms with Gasteiger partial charge in [-0.1, -0.05) is 13.8 Å². The van der Waals surface area contributed by atoms with E-state index in [-0.39, 0.29) is 35.9 Å². The number of pyridine rings is 1. The first-order valence-electron chi connectivity index (χ1n) is 13.1. The molecule has 1 amide bonds. The number of methoxy groups -OCH3 is 1. The number of amidine groups is 1. The largest absolute Gasteiger partial charge is 0.494 e. The average molecular weight is 524 g/mol. The normalized spacial score (nSPS) is 15.6. The molecule has 0 saturated carbocycles. The first kappa shape index (κ1) is 27.4. The van der Waals surface area contributed by atoms with Crippen LogP contribution in [0, 0.1) is 5.41 Å². The number of rotatable bonds is 9. The monoisotopic (exact) mass is 523 g/mol. The van der Waals surface area contributed by atoms with Gasteiger partial charge in [-0.2, -0.15) is 0 Å². The molecule has 4 rings (SSSR count). The number of fused-ring (bicyclic) bond motifs is 1. The number of hydrogen-bond acceptors (Lipinski definition) is 8. The van der Waals surface area contributed by atoms with Crippen LogP contribution in [0.25, 0.3) is 0 Å². The van der Waals surface area contributed by atoms with Crippen molar-refractivity contribution in [3.63, 3.8) is 0 Å². The van der Waals surface area contributed by atoms with Gasteiger partial charge in [-0.15, -0.1) is 0 Å². The van der Waals surface area contributed by atoms with Gasteiger partial charge in [0, 0.05) is 37.8 Å². The van der Waals surface area contributed by atoms with E-state index in [1.807, 2.05) is 19.1 Å². The lowest BCUT2D eigenvalue weighted by atomic mass is 9.95. The van der Waals surface area contributed by atoms with Crippen molar-refractivity contribution in [3.05, 3.63) is 46.3 Å². The number of piperidine rings is 1. The molecule has 0 spiro atoms. The van der Waals surface area contributed by atoms with Gasteiger partial charge in [0.05, 0.1) is 32.1 Å². The van der Waals surface area contributed by atoms with Crippen LogP contribution in [0.5, 0.6) is 11.5 Å². The Hall–Kier alpha value is -3.66. The molecule has 2 aliphatic heterocycles. The van der Waals surface area contributed by atoms with Crippen LogP contribution in [0.2, 0.25) is 0 Å². The zero-order valence-electron chi connectivity index (χ0n) is 22.8. The summed E-state index contributed by atoms with van der Waals surface area (Å²) >= 11 is 0. The number of aromatic nitrogens is 1. The second-order valence-electron chi connectivity index (χ2n) is 9.97. The van der Waals surface area contributed by atoms with E-state index in [4.69, 9.17) is 14.9 Å². The SMILES string of the molecule is CCOc1cc2c(nc1C(=O)NC)C(=N)N(CC(=O)c1cc(C(C)C)c(OC)c(N3CCC(O)CC3)c1)C2. The molecule has 3 heterocycles. The highest BCUT2D eigenvalue weighted by atomic mass is 16.5. The molecule has 2 aliphatic rings. The van der Waals surface area contributed by atoms with Gasteiger partial charge in [0.2, 0.25) is 0 Å². The fourth-order valence-corrected chi connectivity index (χ4v) is 5.03. The fourth-order valence-electron chi connectivity index (χ4n) is 5.03. The summed E-state index contributed by atoms with van der Waals surface area (Å²) in [6.07, 6.45) is 1.02. The average Bonchev–Trinajstić information content (AvgIpc) is 3.21. The highest BCUT2D eigenvalue weighted by Crippen LogP contribution is 2.39. The van der Waals surface area contributed by atoms with Crippen molar-refractivity contribution in [1.29, 1.82) is 5.41 Å². The summed E-state index contributed by atoms with van der Waals surface area (Å²) < 4.78 is 11.4. The van der Waals surface area contributed by atoms with Gasteiger partial charge in [-0.25, -0.2) is 4.98 Å². The number of hydrogen-bond donors (Lipinski definition) is 3. The summed E-state index contributed by atoms with van der Waals surface area (Å²) in [5.41, 5.74) is 3.59. The van der Waals surface area contributed by atoms with E-state index < -0.39 is 5.91 Å². The minimum absolute atomic E-state index is 0.00348. The van der Waals surface area contributed by atoms with Crippen LogP contribution in [0.15, 0.2) is 18.2 Å². The van der Waals surface area contributed by atoms with E-state index in [1.165, 1.54) is 7.05 Å². The number of benzene rings is 1. The topological polar surface area (TPSA) is 128 Å². The van der Waals surface area contributed by atoms with Crippen molar-refractivity contribution < 1.29 is 24.2 Å². The van der Waals surface area contributed by atoms with E-state index in [0.717, 1.165) is 22.6 Å². The summed E-state index contributed by atoms with van der Waals surface area (Å²) in [7, 11) is 3.16. The van der Waals surface area contributed by atoms with Crippen molar-refractivity contribution in [2.45, 2.75) is 52.2 Å². The molecule has 0 bridgehead atoms. The second-order valence-corrected chi connectivity index (χ2v) is 9.97. The third-order valence-electron chi connectivity index (χ3n) is 7.10. The molecule has 10 heteroatoms. The van der Waals surface area contributed by atoms with E-state index in [0.29, 0.717) is 56.1 Å². The minimum atomic E-state index is -0.393. The standard InChI is InChI=1S/C28H37N5O5/c1-6-38-23-13-18-14-33(27(29)24(18)31-25(23)28(36)30-4)15-22(35)17-11-20(16(2)3)26(37-5)21(12-17)32-9-7-19(34)8-10-32/h11-13,16,19,29,34H,6-10,14-15H2,1-5H3,(H,30,36). The highest BCUT2D eigenvalue weighted by molar-refractivity contribution is 6.06. The van der Waals surface area contributed by atoms with Crippen LogP contribution < -0.4 is 19.7 Å². The number of amides is 1. The maximum absolute atomic E-state index is 13.6. The first-order chi connectivity index (χ1) is 18.2.